The maximum absolute atomic E-state index is 11.6. The molecular formula is C9H16N2O2. The van der Waals surface area contributed by atoms with Crippen LogP contribution in [0.25, 0.3) is 0 Å². The summed E-state index contributed by atoms with van der Waals surface area (Å²) in [6, 6.07) is 0.204. The van der Waals surface area contributed by atoms with Crippen molar-refractivity contribution >= 4 is 0 Å². The van der Waals surface area contributed by atoms with E-state index in [-0.39, 0.29) is 11.7 Å². The average molecular weight is 184 g/mol. The second-order valence-corrected chi connectivity index (χ2v) is 3.17. The molecular weight excluding hydrogens is 168 g/mol. The summed E-state index contributed by atoms with van der Waals surface area (Å²) in [5.74, 6) is 0. The van der Waals surface area contributed by atoms with Gasteiger partial charge in [-0.2, -0.15) is 0 Å². The molecule has 0 aliphatic rings. The molecule has 13 heavy (non-hydrogen) atoms. The lowest BCUT2D eigenvalue weighted by molar-refractivity contribution is 0.0849. The standard InChI is InChI=1S/C9H16N2O2/c1-4-13-7-10-5-6-11(8(2)3)9(10)12/h5-6,8H,4,7H2,1-3H3. The van der Waals surface area contributed by atoms with Gasteiger partial charge in [-0.05, 0) is 20.8 Å². The summed E-state index contributed by atoms with van der Waals surface area (Å²) in [6.45, 7) is 6.83. The molecule has 0 spiro atoms. The normalized spacial score (nSPS) is 11.1. The van der Waals surface area contributed by atoms with Crippen molar-refractivity contribution in [2.24, 2.45) is 0 Å². The Balaban J connectivity index is 2.81. The molecule has 0 saturated heterocycles. The van der Waals surface area contributed by atoms with Gasteiger partial charge in [-0.3, -0.25) is 9.13 Å². The van der Waals surface area contributed by atoms with Gasteiger partial charge in [0.2, 0.25) is 0 Å². The molecule has 0 bridgehead atoms. The van der Waals surface area contributed by atoms with Gasteiger partial charge in [0, 0.05) is 25.0 Å². The third-order valence-electron chi connectivity index (χ3n) is 1.86. The highest BCUT2D eigenvalue weighted by atomic mass is 16.5. The Hall–Kier alpha value is -1.03. The molecule has 1 rings (SSSR count). The molecule has 0 aliphatic carbocycles. The van der Waals surface area contributed by atoms with Crippen LogP contribution in [0.2, 0.25) is 0 Å². The van der Waals surface area contributed by atoms with Crippen LogP contribution in [0.4, 0.5) is 0 Å². The molecule has 74 valence electrons. The van der Waals surface area contributed by atoms with E-state index in [1.165, 1.54) is 0 Å². The van der Waals surface area contributed by atoms with Gasteiger partial charge in [-0.1, -0.05) is 0 Å². The molecule has 0 amide bonds. The second kappa shape index (κ2) is 4.28. The first-order valence-electron chi connectivity index (χ1n) is 4.51. The predicted octanol–water partition coefficient (Wildman–Crippen LogP) is 1.22. The maximum atomic E-state index is 11.6. The lowest BCUT2D eigenvalue weighted by Gasteiger charge is -2.04. The lowest BCUT2D eigenvalue weighted by atomic mass is 10.4. The van der Waals surface area contributed by atoms with Crippen LogP contribution < -0.4 is 5.69 Å². The van der Waals surface area contributed by atoms with Crippen molar-refractivity contribution in [3.05, 3.63) is 22.9 Å². The maximum Gasteiger partial charge on any atom is 0.330 e. The highest BCUT2D eigenvalue weighted by Gasteiger charge is 2.04. The number of imidazole rings is 1. The van der Waals surface area contributed by atoms with E-state index in [2.05, 4.69) is 0 Å². The number of hydrogen-bond acceptors (Lipinski definition) is 2. The van der Waals surface area contributed by atoms with Gasteiger partial charge in [0.25, 0.3) is 0 Å². The van der Waals surface area contributed by atoms with Crippen LogP contribution in [0.3, 0.4) is 0 Å². The monoisotopic (exact) mass is 184 g/mol. The number of aromatic nitrogens is 2. The Morgan fingerprint density at radius 1 is 1.46 bits per heavy atom. The van der Waals surface area contributed by atoms with Gasteiger partial charge < -0.3 is 4.74 Å². The second-order valence-electron chi connectivity index (χ2n) is 3.17. The Labute approximate surface area is 77.7 Å². The molecule has 0 atom stereocenters. The van der Waals surface area contributed by atoms with E-state index in [1.807, 2.05) is 20.8 Å². The van der Waals surface area contributed by atoms with Crippen LogP contribution in [0.1, 0.15) is 26.8 Å². The van der Waals surface area contributed by atoms with Crippen LogP contribution in [0, 0.1) is 0 Å². The molecule has 1 heterocycles. The van der Waals surface area contributed by atoms with Gasteiger partial charge in [0.05, 0.1) is 0 Å². The first kappa shape index (κ1) is 10.1. The predicted molar refractivity (Wildman–Crippen MR) is 50.7 cm³/mol. The van der Waals surface area contributed by atoms with Crippen LogP contribution in [-0.4, -0.2) is 15.7 Å². The van der Waals surface area contributed by atoms with Crippen LogP contribution in [0.15, 0.2) is 17.2 Å². The number of hydrogen-bond donors (Lipinski definition) is 0. The number of rotatable bonds is 4. The number of ether oxygens (including phenoxy) is 1. The van der Waals surface area contributed by atoms with E-state index in [0.29, 0.717) is 13.3 Å². The van der Waals surface area contributed by atoms with Gasteiger partial charge in [0.1, 0.15) is 6.73 Å². The molecule has 0 fully saturated rings. The van der Waals surface area contributed by atoms with Crippen molar-refractivity contribution in [3.8, 4) is 0 Å². The van der Waals surface area contributed by atoms with E-state index in [9.17, 15) is 4.79 Å². The molecule has 0 saturated carbocycles. The van der Waals surface area contributed by atoms with E-state index in [1.54, 1.807) is 21.5 Å². The zero-order valence-corrected chi connectivity index (χ0v) is 8.36. The van der Waals surface area contributed by atoms with Crippen molar-refractivity contribution < 1.29 is 4.74 Å². The van der Waals surface area contributed by atoms with Crippen molar-refractivity contribution in [1.82, 2.24) is 9.13 Å². The smallest absolute Gasteiger partial charge is 0.330 e. The zero-order chi connectivity index (χ0) is 9.84. The minimum Gasteiger partial charge on any atom is -0.361 e. The van der Waals surface area contributed by atoms with Gasteiger partial charge in [0.15, 0.2) is 0 Å². The topological polar surface area (TPSA) is 36.2 Å². The minimum atomic E-state index is -0.0107. The summed E-state index contributed by atoms with van der Waals surface area (Å²) in [4.78, 5) is 11.6. The van der Waals surface area contributed by atoms with Gasteiger partial charge in [-0.25, -0.2) is 4.79 Å². The summed E-state index contributed by atoms with van der Waals surface area (Å²) < 4.78 is 8.38. The fourth-order valence-electron chi connectivity index (χ4n) is 1.11. The summed E-state index contributed by atoms with van der Waals surface area (Å²) in [5.41, 5.74) is -0.0107. The van der Waals surface area contributed by atoms with Crippen molar-refractivity contribution in [1.29, 1.82) is 0 Å². The molecule has 1 aromatic rings. The van der Waals surface area contributed by atoms with E-state index in [0.717, 1.165) is 0 Å². The first-order chi connectivity index (χ1) is 6.16. The Morgan fingerprint density at radius 3 is 2.62 bits per heavy atom. The molecule has 0 aromatic carbocycles. The van der Waals surface area contributed by atoms with Crippen LogP contribution in [0.5, 0.6) is 0 Å². The van der Waals surface area contributed by atoms with E-state index in [4.69, 9.17) is 4.74 Å². The quantitative estimate of drug-likeness (QED) is 0.705. The lowest BCUT2D eigenvalue weighted by Crippen LogP contribution is -2.25. The van der Waals surface area contributed by atoms with Crippen molar-refractivity contribution in [2.45, 2.75) is 33.5 Å². The SMILES string of the molecule is CCOCn1ccn(C(C)C)c1=O. The van der Waals surface area contributed by atoms with Gasteiger partial charge >= 0.3 is 5.69 Å². The highest BCUT2D eigenvalue weighted by Crippen LogP contribution is 1.98. The van der Waals surface area contributed by atoms with Crippen molar-refractivity contribution in [3.63, 3.8) is 0 Å². The molecule has 0 aliphatic heterocycles. The Morgan fingerprint density at radius 2 is 2.15 bits per heavy atom. The minimum absolute atomic E-state index is 0.0107. The summed E-state index contributed by atoms with van der Waals surface area (Å²) in [6.07, 6.45) is 3.53. The summed E-state index contributed by atoms with van der Waals surface area (Å²) in [7, 11) is 0. The van der Waals surface area contributed by atoms with E-state index >= 15 is 0 Å². The third kappa shape index (κ3) is 2.21. The first-order valence-corrected chi connectivity index (χ1v) is 4.51. The molecule has 4 nitrogen and oxygen atoms in total. The molecule has 4 heteroatoms. The fourth-order valence-corrected chi connectivity index (χ4v) is 1.11. The molecule has 0 radical (unpaired) electrons. The zero-order valence-electron chi connectivity index (χ0n) is 8.36. The Kier molecular flexibility index (Phi) is 3.31. The summed E-state index contributed by atoms with van der Waals surface area (Å²) in [5, 5.41) is 0. The summed E-state index contributed by atoms with van der Waals surface area (Å²) >= 11 is 0. The Bertz CT molecular complexity index is 312. The van der Waals surface area contributed by atoms with Gasteiger partial charge in [-0.15, -0.1) is 0 Å². The van der Waals surface area contributed by atoms with Crippen LogP contribution in [-0.2, 0) is 11.5 Å². The van der Waals surface area contributed by atoms with Crippen LogP contribution >= 0.6 is 0 Å². The van der Waals surface area contributed by atoms with E-state index < -0.39 is 0 Å². The molecule has 0 N–H and O–H groups in total. The molecule has 0 unspecified atom stereocenters. The molecule has 1 aromatic heterocycles. The largest absolute Gasteiger partial charge is 0.361 e. The number of nitrogens with zero attached hydrogens (tertiary/aromatic N) is 2. The highest BCUT2D eigenvalue weighted by molar-refractivity contribution is 4.82. The third-order valence-corrected chi connectivity index (χ3v) is 1.86. The average Bonchev–Trinajstić information content (AvgIpc) is 2.43. The van der Waals surface area contributed by atoms with Crippen molar-refractivity contribution in [2.75, 3.05) is 6.61 Å². The fraction of sp³-hybridized carbons (Fsp3) is 0.667.